The summed E-state index contributed by atoms with van der Waals surface area (Å²) in [5.74, 6) is 0. The Morgan fingerprint density at radius 1 is 1.00 bits per heavy atom. The first-order chi connectivity index (χ1) is 11.1. The van der Waals surface area contributed by atoms with E-state index in [1.807, 2.05) is 0 Å². The summed E-state index contributed by atoms with van der Waals surface area (Å²) in [5, 5.41) is 1.36. The van der Waals surface area contributed by atoms with E-state index in [0.717, 1.165) is 0 Å². The molecule has 0 fully saturated rings. The molecule has 0 heterocycles. The molecular weight excluding hydrogens is 412 g/mol. The van der Waals surface area contributed by atoms with Gasteiger partial charge in [0.1, 0.15) is 0 Å². The normalized spacial score (nSPS) is 12.2. The van der Waals surface area contributed by atoms with Gasteiger partial charge in [-0.1, -0.05) is 0 Å². The van der Waals surface area contributed by atoms with E-state index in [1.165, 1.54) is 31.9 Å². The van der Waals surface area contributed by atoms with Crippen LogP contribution >= 0.6 is 0 Å². The van der Waals surface area contributed by atoms with Crippen LogP contribution in [0.5, 0.6) is 0 Å². The van der Waals surface area contributed by atoms with E-state index in [2.05, 4.69) is 86.8 Å². The molecule has 2 aromatic rings. The van der Waals surface area contributed by atoms with Crippen LogP contribution in [0, 0.1) is 0 Å². The number of rotatable bonds is 8. The summed E-state index contributed by atoms with van der Waals surface area (Å²) in [7, 11) is -1.89. The SMILES string of the molecule is CCCC[Te]/C(=C\c1ccccc1)O[Si](C)(C)c1ccccc1. The molecule has 3 heteroatoms. The van der Waals surface area contributed by atoms with Crippen LogP contribution in [0.25, 0.3) is 6.08 Å². The van der Waals surface area contributed by atoms with E-state index in [0.29, 0.717) is 0 Å². The molecule has 1 nitrogen and oxygen atoms in total. The molecule has 0 saturated carbocycles. The number of benzene rings is 2. The molecule has 23 heavy (non-hydrogen) atoms. The molecule has 0 amide bonds. The molecule has 0 unspecified atom stereocenters. The van der Waals surface area contributed by atoms with Gasteiger partial charge in [0.2, 0.25) is 0 Å². The van der Waals surface area contributed by atoms with Crippen molar-refractivity contribution in [3.05, 3.63) is 70.0 Å². The molecule has 0 spiro atoms. The Hall–Kier alpha value is -1.01. The van der Waals surface area contributed by atoms with E-state index in [9.17, 15) is 0 Å². The maximum atomic E-state index is 6.63. The molecule has 0 N–H and O–H groups in total. The van der Waals surface area contributed by atoms with Gasteiger partial charge in [0.15, 0.2) is 0 Å². The van der Waals surface area contributed by atoms with Crippen LogP contribution < -0.4 is 5.19 Å². The Morgan fingerprint density at radius 2 is 1.61 bits per heavy atom. The van der Waals surface area contributed by atoms with Gasteiger partial charge < -0.3 is 0 Å². The molecule has 0 aliphatic heterocycles. The molecule has 0 aliphatic rings. The molecule has 122 valence electrons. The molecule has 0 aliphatic carbocycles. The van der Waals surface area contributed by atoms with Crippen molar-refractivity contribution in [3.63, 3.8) is 0 Å². The van der Waals surface area contributed by atoms with Crippen molar-refractivity contribution in [3.8, 4) is 0 Å². The Morgan fingerprint density at radius 3 is 2.22 bits per heavy atom. The van der Waals surface area contributed by atoms with Crippen LogP contribution in [0.4, 0.5) is 0 Å². The quantitative estimate of drug-likeness (QED) is 0.319. The number of unbranched alkanes of at least 4 members (excludes halogenated alkanes) is 1. The predicted octanol–water partition coefficient (Wildman–Crippen LogP) is 5.04. The second kappa shape index (κ2) is 9.32. The zero-order valence-electron chi connectivity index (χ0n) is 14.3. The molecule has 2 rings (SSSR count). The summed E-state index contributed by atoms with van der Waals surface area (Å²) in [5.41, 5.74) is 1.25. The molecule has 0 bridgehead atoms. The van der Waals surface area contributed by atoms with E-state index in [-0.39, 0.29) is 20.9 Å². The second-order valence-corrected chi connectivity index (χ2v) is 13.0. The molecular formula is C20H26OSiTe. The van der Waals surface area contributed by atoms with Crippen molar-refractivity contribution in [1.82, 2.24) is 0 Å². The zero-order chi connectivity index (χ0) is 16.5. The van der Waals surface area contributed by atoms with Crippen molar-refractivity contribution in [1.29, 1.82) is 0 Å². The second-order valence-electron chi connectivity index (χ2n) is 6.05. The average Bonchev–Trinajstić information content (AvgIpc) is 2.56. The van der Waals surface area contributed by atoms with Gasteiger partial charge in [-0.25, -0.2) is 0 Å². The average molecular weight is 438 g/mol. The van der Waals surface area contributed by atoms with Crippen molar-refractivity contribution in [2.75, 3.05) is 0 Å². The van der Waals surface area contributed by atoms with E-state index < -0.39 is 8.32 Å². The number of hydrogen-bond donors (Lipinski definition) is 0. The fourth-order valence-electron chi connectivity index (χ4n) is 2.25. The summed E-state index contributed by atoms with van der Waals surface area (Å²) in [6.07, 6.45) is 4.85. The van der Waals surface area contributed by atoms with Gasteiger partial charge >= 0.3 is 152 Å². The zero-order valence-corrected chi connectivity index (χ0v) is 17.6. The van der Waals surface area contributed by atoms with Gasteiger partial charge in [-0.3, -0.25) is 0 Å². The van der Waals surface area contributed by atoms with Crippen LogP contribution in [0.15, 0.2) is 64.5 Å². The molecule has 0 aromatic heterocycles. The van der Waals surface area contributed by atoms with Crippen molar-refractivity contribution < 1.29 is 4.43 Å². The van der Waals surface area contributed by atoms with Crippen LogP contribution in [0.1, 0.15) is 25.3 Å². The van der Waals surface area contributed by atoms with Gasteiger partial charge in [-0.2, -0.15) is 0 Å². The molecule has 0 atom stereocenters. The first-order valence-electron chi connectivity index (χ1n) is 8.26. The van der Waals surface area contributed by atoms with Crippen molar-refractivity contribution in [2.45, 2.75) is 37.3 Å². The van der Waals surface area contributed by atoms with Crippen LogP contribution in [0.2, 0.25) is 17.6 Å². The fraction of sp³-hybridized carbons (Fsp3) is 0.300. The molecule has 0 saturated heterocycles. The predicted molar refractivity (Wildman–Crippen MR) is 105 cm³/mol. The van der Waals surface area contributed by atoms with Gasteiger partial charge in [-0.15, -0.1) is 0 Å². The monoisotopic (exact) mass is 440 g/mol. The van der Waals surface area contributed by atoms with E-state index in [4.69, 9.17) is 4.43 Å². The van der Waals surface area contributed by atoms with E-state index >= 15 is 0 Å². The van der Waals surface area contributed by atoms with Gasteiger partial charge in [0.25, 0.3) is 0 Å². The number of hydrogen-bond acceptors (Lipinski definition) is 1. The Balaban J connectivity index is 2.18. The first kappa shape index (κ1) is 18.3. The fourth-order valence-corrected chi connectivity index (χ4v) is 8.71. The topological polar surface area (TPSA) is 9.23 Å². The van der Waals surface area contributed by atoms with Crippen LogP contribution in [-0.4, -0.2) is 29.2 Å². The Bertz CT molecular complexity index is 608. The first-order valence-corrected chi connectivity index (χ1v) is 14.0. The summed E-state index contributed by atoms with van der Waals surface area (Å²) in [6.45, 7) is 6.86. The summed E-state index contributed by atoms with van der Waals surface area (Å²) >= 11 is -0.254. The van der Waals surface area contributed by atoms with Gasteiger partial charge in [0, 0.05) is 0 Å². The van der Waals surface area contributed by atoms with Crippen LogP contribution in [-0.2, 0) is 4.43 Å². The van der Waals surface area contributed by atoms with Gasteiger partial charge in [0.05, 0.1) is 0 Å². The van der Waals surface area contributed by atoms with E-state index in [1.54, 1.807) is 0 Å². The maximum absolute atomic E-state index is 6.63. The summed E-state index contributed by atoms with van der Waals surface area (Å²) in [6, 6.07) is 21.3. The van der Waals surface area contributed by atoms with Crippen molar-refractivity contribution in [2.24, 2.45) is 0 Å². The third-order valence-electron chi connectivity index (χ3n) is 3.65. The molecule has 0 radical (unpaired) electrons. The van der Waals surface area contributed by atoms with Crippen molar-refractivity contribution >= 4 is 40.5 Å². The van der Waals surface area contributed by atoms with Gasteiger partial charge in [-0.05, 0) is 0 Å². The third kappa shape index (κ3) is 6.18. The Kier molecular flexibility index (Phi) is 7.43. The minimum atomic E-state index is -1.89. The van der Waals surface area contributed by atoms with Crippen LogP contribution in [0.3, 0.4) is 0 Å². The standard InChI is InChI=1S/C20H26OSiTe/c1-4-5-16-23-20(17-18-12-8-6-9-13-18)21-22(2,3)19-14-10-7-11-15-19/h6-15,17H,4-5,16H2,1-3H3/b20-17-. The summed E-state index contributed by atoms with van der Waals surface area (Å²) < 4.78 is 9.21. The molecule has 2 aromatic carbocycles. The minimum absolute atomic E-state index is 0.254. The Labute approximate surface area is 152 Å². The third-order valence-corrected chi connectivity index (χ3v) is 9.35. The summed E-state index contributed by atoms with van der Waals surface area (Å²) in [4.78, 5) is 0.